The lowest BCUT2D eigenvalue weighted by molar-refractivity contribution is 0.292. The van der Waals surface area contributed by atoms with E-state index in [1.807, 2.05) is 0 Å². The Bertz CT molecular complexity index is 474. The lowest BCUT2D eigenvalue weighted by atomic mass is 10.2. The monoisotopic (exact) mass is 353 g/mol. The molecule has 0 saturated heterocycles. The summed E-state index contributed by atoms with van der Waals surface area (Å²) in [4.78, 5) is 13.0. The first-order chi connectivity index (χ1) is 11.5. The van der Waals surface area contributed by atoms with Gasteiger partial charge < -0.3 is 15.5 Å². The zero-order valence-electron chi connectivity index (χ0n) is 16.3. The van der Waals surface area contributed by atoms with Crippen LogP contribution in [0.3, 0.4) is 0 Å². The van der Waals surface area contributed by atoms with Gasteiger partial charge in [0.25, 0.3) is 0 Å². The van der Waals surface area contributed by atoms with Gasteiger partial charge in [0.1, 0.15) is 5.01 Å². The van der Waals surface area contributed by atoms with E-state index in [0.717, 1.165) is 42.7 Å². The molecule has 0 spiro atoms. The normalized spacial score (nSPS) is 13.4. The van der Waals surface area contributed by atoms with Crippen LogP contribution < -0.4 is 10.6 Å². The van der Waals surface area contributed by atoms with Gasteiger partial charge in [-0.2, -0.15) is 0 Å². The van der Waals surface area contributed by atoms with E-state index in [0.29, 0.717) is 12.6 Å². The standard InChI is InChI=1S/C18H35N5S/c1-7-19-18(20-13-17-22-15(5)16(6)24-17)21-14(4)11-10-12-23(8-2)9-3/h14H,7-13H2,1-6H3,(H2,19,20,21). The second kappa shape index (κ2) is 11.4. The Morgan fingerprint density at radius 3 is 2.50 bits per heavy atom. The van der Waals surface area contributed by atoms with E-state index < -0.39 is 0 Å². The maximum absolute atomic E-state index is 4.69. The highest BCUT2D eigenvalue weighted by Gasteiger charge is 2.08. The Hall–Kier alpha value is -1.14. The lowest BCUT2D eigenvalue weighted by Gasteiger charge is -2.21. The molecular formula is C18H35N5S. The molecule has 0 bridgehead atoms. The van der Waals surface area contributed by atoms with Crippen molar-refractivity contribution in [2.75, 3.05) is 26.2 Å². The third kappa shape index (κ3) is 7.62. The van der Waals surface area contributed by atoms with E-state index in [1.54, 1.807) is 11.3 Å². The molecule has 0 aliphatic carbocycles. The molecular weight excluding hydrogens is 318 g/mol. The van der Waals surface area contributed by atoms with Crippen molar-refractivity contribution in [2.45, 2.75) is 67.0 Å². The predicted octanol–water partition coefficient (Wildman–Crippen LogP) is 3.33. The molecule has 1 atom stereocenters. The molecule has 138 valence electrons. The van der Waals surface area contributed by atoms with E-state index in [2.05, 4.69) is 67.1 Å². The van der Waals surface area contributed by atoms with Crippen molar-refractivity contribution < 1.29 is 0 Å². The smallest absolute Gasteiger partial charge is 0.191 e. The van der Waals surface area contributed by atoms with Crippen LogP contribution in [0.1, 0.15) is 56.1 Å². The highest BCUT2D eigenvalue weighted by Crippen LogP contribution is 2.16. The molecule has 0 aliphatic rings. The summed E-state index contributed by atoms with van der Waals surface area (Å²) in [6, 6.07) is 0.415. The Kier molecular flexibility index (Phi) is 9.95. The third-order valence-corrected chi connectivity index (χ3v) is 5.24. The molecule has 1 rings (SSSR count). The molecule has 0 aliphatic heterocycles. The number of nitrogens with one attached hydrogen (secondary N) is 2. The number of aliphatic imine (C=N–C) groups is 1. The Morgan fingerprint density at radius 2 is 1.96 bits per heavy atom. The van der Waals surface area contributed by atoms with Crippen molar-refractivity contribution in [1.29, 1.82) is 0 Å². The SMILES string of the molecule is CCNC(=NCc1nc(C)c(C)s1)NC(C)CCCN(CC)CC. The Morgan fingerprint density at radius 1 is 1.25 bits per heavy atom. The fourth-order valence-electron chi connectivity index (χ4n) is 2.54. The van der Waals surface area contributed by atoms with Crippen LogP contribution in [0.15, 0.2) is 4.99 Å². The van der Waals surface area contributed by atoms with Crippen molar-refractivity contribution in [3.05, 3.63) is 15.6 Å². The van der Waals surface area contributed by atoms with Crippen LogP contribution in [0.5, 0.6) is 0 Å². The highest BCUT2D eigenvalue weighted by atomic mass is 32.1. The van der Waals surface area contributed by atoms with Crippen LogP contribution in [0.25, 0.3) is 0 Å². The van der Waals surface area contributed by atoms with Gasteiger partial charge in [-0.05, 0) is 60.2 Å². The Balaban J connectivity index is 2.47. The fraction of sp³-hybridized carbons (Fsp3) is 0.778. The molecule has 0 fully saturated rings. The predicted molar refractivity (Wildman–Crippen MR) is 106 cm³/mol. The van der Waals surface area contributed by atoms with Crippen molar-refractivity contribution in [3.8, 4) is 0 Å². The topological polar surface area (TPSA) is 52.6 Å². The first-order valence-electron chi connectivity index (χ1n) is 9.20. The summed E-state index contributed by atoms with van der Waals surface area (Å²) < 4.78 is 0. The molecule has 6 heteroatoms. The van der Waals surface area contributed by atoms with Crippen LogP contribution in [0.4, 0.5) is 0 Å². The second-order valence-corrected chi connectivity index (χ2v) is 7.45. The molecule has 0 aromatic carbocycles. The van der Waals surface area contributed by atoms with Gasteiger partial charge in [-0.1, -0.05) is 13.8 Å². The number of hydrogen-bond acceptors (Lipinski definition) is 4. The summed E-state index contributed by atoms with van der Waals surface area (Å²) in [6.45, 7) is 17.9. The number of aromatic nitrogens is 1. The second-order valence-electron chi connectivity index (χ2n) is 6.16. The van der Waals surface area contributed by atoms with Gasteiger partial charge in [-0.3, -0.25) is 0 Å². The molecule has 0 saturated carbocycles. The minimum atomic E-state index is 0.415. The summed E-state index contributed by atoms with van der Waals surface area (Å²) in [5.41, 5.74) is 1.12. The number of thiazole rings is 1. The number of guanidine groups is 1. The van der Waals surface area contributed by atoms with E-state index in [1.165, 1.54) is 17.8 Å². The van der Waals surface area contributed by atoms with Crippen molar-refractivity contribution in [2.24, 2.45) is 4.99 Å². The van der Waals surface area contributed by atoms with E-state index in [4.69, 9.17) is 0 Å². The Labute approximate surface area is 152 Å². The molecule has 5 nitrogen and oxygen atoms in total. The van der Waals surface area contributed by atoms with Crippen molar-refractivity contribution in [3.63, 3.8) is 0 Å². The van der Waals surface area contributed by atoms with Gasteiger partial charge in [0.2, 0.25) is 0 Å². The summed E-state index contributed by atoms with van der Waals surface area (Å²) >= 11 is 1.74. The van der Waals surface area contributed by atoms with Gasteiger partial charge in [0.15, 0.2) is 5.96 Å². The van der Waals surface area contributed by atoms with Gasteiger partial charge in [-0.25, -0.2) is 9.98 Å². The zero-order chi connectivity index (χ0) is 17.9. The highest BCUT2D eigenvalue weighted by molar-refractivity contribution is 7.11. The first kappa shape index (κ1) is 20.9. The minimum Gasteiger partial charge on any atom is -0.357 e. The molecule has 2 N–H and O–H groups in total. The van der Waals surface area contributed by atoms with E-state index in [9.17, 15) is 0 Å². The third-order valence-electron chi connectivity index (χ3n) is 4.18. The largest absolute Gasteiger partial charge is 0.357 e. The molecule has 1 unspecified atom stereocenters. The van der Waals surface area contributed by atoms with E-state index in [-0.39, 0.29) is 0 Å². The average Bonchev–Trinajstić information content (AvgIpc) is 2.88. The maximum atomic E-state index is 4.69. The summed E-state index contributed by atoms with van der Waals surface area (Å²) in [7, 11) is 0. The number of nitrogens with zero attached hydrogens (tertiary/aromatic N) is 3. The quantitative estimate of drug-likeness (QED) is 0.500. The summed E-state index contributed by atoms with van der Waals surface area (Å²) in [5, 5.41) is 7.93. The van der Waals surface area contributed by atoms with E-state index >= 15 is 0 Å². The maximum Gasteiger partial charge on any atom is 0.191 e. The van der Waals surface area contributed by atoms with Crippen LogP contribution in [0.2, 0.25) is 0 Å². The minimum absolute atomic E-state index is 0.415. The fourth-order valence-corrected chi connectivity index (χ4v) is 3.40. The molecule has 1 heterocycles. The number of rotatable bonds is 10. The van der Waals surface area contributed by atoms with Crippen LogP contribution in [-0.2, 0) is 6.54 Å². The lowest BCUT2D eigenvalue weighted by Crippen LogP contribution is -2.42. The van der Waals surface area contributed by atoms with Crippen LogP contribution >= 0.6 is 11.3 Å². The average molecular weight is 354 g/mol. The van der Waals surface area contributed by atoms with Gasteiger partial charge in [0.05, 0.1) is 12.2 Å². The first-order valence-corrected chi connectivity index (χ1v) is 10.0. The van der Waals surface area contributed by atoms with Gasteiger partial charge in [-0.15, -0.1) is 11.3 Å². The van der Waals surface area contributed by atoms with Crippen molar-refractivity contribution in [1.82, 2.24) is 20.5 Å². The molecule has 1 aromatic heterocycles. The molecule has 0 amide bonds. The summed E-state index contributed by atoms with van der Waals surface area (Å²) in [5.74, 6) is 0.887. The van der Waals surface area contributed by atoms with Crippen LogP contribution in [-0.4, -0.2) is 48.1 Å². The van der Waals surface area contributed by atoms with Crippen molar-refractivity contribution >= 4 is 17.3 Å². The van der Waals surface area contributed by atoms with Gasteiger partial charge in [0, 0.05) is 17.5 Å². The number of hydrogen-bond donors (Lipinski definition) is 2. The molecule has 1 aromatic rings. The molecule has 24 heavy (non-hydrogen) atoms. The summed E-state index contributed by atoms with van der Waals surface area (Å²) in [6.07, 6.45) is 2.36. The van der Waals surface area contributed by atoms with Crippen LogP contribution in [0, 0.1) is 13.8 Å². The number of aryl methyl sites for hydroxylation is 2. The zero-order valence-corrected chi connectivity index (χ0v) is 17.1. The molecule has 0 radical (unpaired) electrons. The van der Waals surface area contributed by atoms with Gasteiger partial charge >= 0.3 is 0 Å².